The van der Waals surface area contributed by atoms with E-state index in [4.69, 9.17) is 9.47 Å². The summed E-state index contributed by atoms with van der Waals surface area (Å²) in [6.45, 7) is 1.91. The number of aliphatic hydroxyl groups excluding tert-OH is 2. The molecule has 37 heavy (non-hydrogen) atoms. The highest BCUT2D eigenvalue weighted by molar-refractivity contribution is 6.06. The molecular weight excluding hydrogens is 492 g/mol. The van der Waals surface area contributed by atoms with Crippen LogP contribution in [0, 0.1) is 20.2 Å². The minimum atomic E-state index is -1.30. The van der Waals surface area contributed by atoms with Crippen molar-refractivity contribution in [2.75, 3.05) is 26.3 Å². The Hall–Kier alpha value is -4.30. The van der Waals surface area contributed by atoms with Crippen LogP contribution in [0.15, 0.2) is 48.5 Å². The quantitative estimate of drug-likeness (QED) is 0.238. The highest BCUT2D eigenvalue weighted by Crippen LogP contribution is 2.28. The number of ether oxygens (including phenoxy) is 2. The van der Waals surface area contributed by atoms with Gasteiger partial charge in [0.25, 0.3) is 17.3 Å². The van der Waals surface area contributed by atoms with E-state index in [-0.39, 0.29) is 49.2 Å². The Bertz CT molecular complexity index is 1150. The van der Waals surface area contributed by atoms with E-state index in [1.165, 1.54) is 67.3 Å². The van der Waals surface area contributed by atoms with Gasteiger partial charge in [-0.25, -0.2) is 4.79 Å². The molecule has 14 nitrogen and oxygen atoms in total. The molecule has 2 aromatic rings. The van der Waals surface area contributed by atoms with Crippen molar-refractivity contribution in [2.45, 2.75) is 31.6 Å². The molecule has 0 saturated carbocycles. The number of amides is 3. The second-order valence-electron chi connectivity index (χ2n) is 8.80. The first-order valence-electron chi connectivity index (χ1n) is 11.1. The minimum Gasteiger partial charge on any atom is -0.491 e. The molecule has 1 aliphatic heterocycles. The van der Waals surface area contributed by atoms with Crippen LogP contribution in [0.25, 0.3) is 0 Å². The summed E-state index contributed by atoms with van der Waals surface area (Å²) in [5, 5.41) is 42.2. The first-order chi connectivity index (χ1) is 17.4. The molecule has 2 unspecified atom stereocenters. The Morgan fingerprint density at radius 1 is 0.811 bits per heavy atom. The number of urea groups is 1. The Labute approximate surface area is 210 Å². The van der Waals surface area contributed by atoms with E-state index in [1.54, 1.807) is 0 Å². The van der Waals surface area contributed by atoms with Gasteiger partial charge in [-0.1, -0.05) is 0 Å². The van der Waals surface area contributed by atoms with Gasteiger partial charge in [-0.2, -0.15) is 0 Å². The zero-order valence-corrected chi connectivity index (χ0v) is 20.1. The van der Waals surface area contributed by atoms with Crippen molar-refractivity contribution < 1.29 is 39.1 Å². The Morgan fingerprint density at radius 3 is 1.62 bits per heavy atom. The molecular formula is C23H26N4O10. The highest BCUT2D eigenvalue weighted by Gasteiger charge is 2.51. The number of imide groups is 1. The van der Waals surface area contributed by atoms with Gasteiger partial charge in [0.15, 0.2) is 0 Å². The maximum absolute atomic E-state index is 13.0. The fourth-order valence-corrected chi connectivity index (χ4v) is 3.62. The number of carbonyl (C=O) groups excluding carboxylic acids is 2. The Balaban J connectivity index is 1.54. The average molecular weight is 518 g/mol. The first-order valence-corrected chi connectivity index (χ1v) is 11.1. The monoisotopic (exact) mass is 518 g/mol. The number of benzene rings is 2. The number of nitro benzene ring substituents is 2. The number of β-amino-alcohol motifs (C(OH)–C–C–N with tert-alkyl or cyclic N) is 2. The van der Waals surface area contributed by atoms with Crippen molar-refractivity contribution in [2.24, 2.45) is 0 Å². The zero-order valence-electron chi connectivity index (χ0n) is 20.1. The molecule has 3 rings (SSSR count). The third-order valence-electron chi connectivity index (χ3n) is 5.67. The molecule has 1 aliphatic rings. The van der Waals surface area contributed by atoms with Crippen LogP contribution in [0.3, 0.4) is 0 Å². The summed E-state index contributed by atoms with van der Waals surface area (Å²) in [5.41, 5.74) is -1.54. The van der Waals surface area contributed by atoms with E-state index in [1.807, 2.05) is 0 Å². The molecule has 0 radical (unpaired) electrons. The van der Waals surface area contributed by atoms with Gasteiger partial charge in [0.05, 0.1) is 22.9 Å². The van der Waals surface area contributed by atoms with Gasteiger partial charge >= 0.3 is 6.03 Å². The van der Waals surface area contributed by atoms with Crippen LogP contribution < -0.4 is 9.47 Å². The molecule has 2 aromatic carbocycles. The molecule has 0 aromatic heterocycles. The summed E-state index contributed by atoms with van der Waals surface area (Å²) in [6, 6.07) is 9.76. The SMILES string of the molecule is CC1(C)C(=O)N(CC(O)COc2ccc([N+](=O)[O-])cc2)C(=O)N1CC(O)COc1ccc([N+](=O)[O-])cc1. The fraction of sp³-hybridized carbons (Fsp3) is 0.391. The Morgan fingerprint density at radius 2 is 1.22 bits per heavy atom. The minimum absolute atomic E-state index is 0.115. The lowest BCUT2D eigenvalue weighted by molar-refractivity contribution is -0.385. The number of aliphatic hydroxyl groups is 2. The van der Waals surface area contributed by atoms with Crippen LogP contribution in [0.5, 0.6) is 11.5 Å². The summed E-state index contributed by atoms with van der Waals surface area (Å²) in [7, 11) is 0. The summed E-state index contributed by atoms with van der Waals surface area (Å²) in [5.74, 6) is -0.0253. The first kappa shape index (κ1) is 27.3. The number of nitrogens with zero attached hydrogens (tertiary/aromatic N) is 4. The standard InChI is InChI=1S/C23H26N4O10/c1-23(2)21(30)24(11-17(28)13-36-19-7-3-15(4-8-19)26(32)33)22(31)25(23)12-18(29)14-37-20-9-5-16(6-10-20)27(34)35/h3-10,17-18,28-29H,11-14H2,1-2H3. The van der Waals surface area contributed by atoms with E-state index in [9.17, 15) is 40.0 Å². The molecule has 3 amide bonds. The highest BCUT2D eigenvalue weighted by atomic mass is 16.6. The van der Waals surface area contributed by atoms with E-state index in [0.717, 1.165) is 4.90 Å². The number of non-ortho nitro benzene ring substituents is 2. The van der Waals surface area contributed by atoms with Crippen LogP contribution in [0.1, 0.15) is 13.8 Å². The van der Waals surface area contributed by atoms with Gasteiger partial charge in [0, 0.05) is 24.3 Å². The van der Waals surface area contributed by atoms with Crippen LogP contribution in [0.4, 0.5) is 16.2 Å². The summed E-state index contributed by atoms with van der Waals surface area (Å²) >= 11 is 0. The summed E-state index contributed by atoms with van der Waals surface area (Å²) in [6.07, 6.45) is -2.42. The predicted molar refractivity (Wildman–Crippen MR) is 127 cm³/mol. The van der Waals surface area contributed by atoms with Gasteiger partial charge in [-0.05, 0) is 38.1 Å². The maximum Gasteiger partial charge on any atom is 0.327 e. The van der Waals surface area contributed by atoms with E-state index >= 15 is 0 Å². The van der Waals surface area contributed by atoms with Crippen LogP contribution >= 0.6 is 0 Å². The van der Waals surface area contributed by atoms with Gasteiger partial charge in [0.1, 0.15) is 42.5 Å². The van der Waals surface area contributed by atoms with Gasteiger partial charge < -0.3 is 24.6 Å². The Kier molecular flexibility index (Phi) is 8.24. The molecule has 1 heterocycles. The van der Waals surface area contributed by atoms with E-state index < -0.39 is 39.5 Å². The largest absolute Gasteiger partial charge is 0.491 e. The van der Waals surface area contributed by atoms with Crippen molar-refractivity contribution in [3.63, 3.8) is 0 Å². The smallest absolute Gasteiger partial charge is 0.327 e. The van der Waals surface area contributed by atoms with E-state index in [0.29, 0.717) is 0 Å². The molecule has 0 spiro atoms. The van der Waals surface area contributed by atoms with Crippen molar-refractivity contribution in [3.8, 4) is 11.5 Å². The van der Waals surface area contributed by atoms with Gasteiger partial charge in [-0.15, -0.1) is 0 Å². The number of hydrogen-bond donors (Lipinski definition) is 2. The number of nitro groups is 2. The van der Waals surface area contributed by atoms with Crippen LogP contribution in [-0.4, -0.2) is 85.8 Å². The van der Waals surface area contributed by atoms with Crippen LogP contribution in [0.2, 0.25) is 0 Å². The van der Waals surface area contributed by atoms with Crippen molar-refractivity contribution in [1.29, 1.82) is 0 Å². The maximum atomic E-state index is 13.0. The molecule has 14 heteroatoms. The number of hydrogen-bond acceptors (Lipinski definition) is 10. The second kappa shape index (κ2) is 11.2. The third kappa shape index (κ3) is 6.48. The van der Waals surface area contributed by atoms with Gasteiger partial charge in [0.2, 0.25) is 0 Å². The summed E-state index contributed by atoms with van der Waals surface area (Å²) in [4.78, 5) is 48.2. The normalized spacial score (nSPS) is 16.4. The molecule has 1 saturated heterocycles. The van der Waals surface area contributed by atoms with Crippen molar-refractivity contribution in [1.82, 2.24) is 9.80 Å². The molecule has 0 aliphatic carbocycles. The third-order valence-corrected chi connectivity index (χ3v) is 5.67. The van der Waals surface area contributed by atoms with Crippen molar-refractivity contribution in [3.05, 3.63) is 68.8 Å². The topological polar surface area (TPSA) is 186 Å². The fourth-order valence-electron chi connectivity index (χ4n) is 3.62. The lowest BCUT2D eigenvalue weighted by Crippen LogP contribution is -2.48. The van der Waals surface area contributed by atoms with E-state index in [2.05, 4.69) is 0 Å². The lowest BCUT2D eigenvalue weighted by atomic mass is 10.0. The molecule has 2 atom stereocenters. The van der Waals surface area contributed by atoms with Crippen LogP contribution in [-0.2, 0) is 4.79 Å². The molecule has 198 valence electrons. The van der Waals surface area contributed by atoms with Crippen molar-refractivity contribution >= 4 is 23.3 Å². The zero-order chi connectivity index (χ0) is 27.3. The van der Waals surface area contributed by atoms with Gasteiger partial charge in [-0.3, -0.25) is 29.9 Å². The molecule has 0 bridgehead atoms. The number of carbonyl (C=O) groups is 2. The summed E-state index contributed by atoms with van der Waals surface area (Å²) < 4.78 is 10.8. The molecule has 1 fully saturated rings. The number of rotatable bonds is 12. The lowest BCUT2D eigenvalue weighted by Gasteiger charge is -2.29. The average Bonchev–Trinajstić information content (AvgIpc) is 3.01. The predicted octanol–water partition coefficient (Wildman–Crippen LogP) is 1.73. The molecule has 2 N–H and O–H groups in total. The second-order valence-corrected chi connectivity index (χ2v) is 8.80.